The van der Waals surface area contributed by atoms with Crippen LogP contribution < -0.4 is 16.0 Å². The highest BCUT2D eigenvalue weighted by molar-refractivity contribution is 7.86. The van der Waals surface area contributed by atoms with E-state index in [1.165, 1.54) is 0 Å². The minimum atomic E-state index is -1.57. The monoisotopic (exact) mass is 338 g/mol. The summed E-state index contributed by atoms with van der Waals surface area (Å²) in [5.41, 5.74) is 7.01. The van der Waals surface area contributed by atoms with Crippen molar-refractivity contribution < 1.29 is 18.9 Å². The number of ether oxygens (including phenoxy) is 1. The maximum atomic E-state index is 12.6. The Balaban J connectivity index is 2.77. The van der Waals surface area contributed by atoms with Gasteiger partial charge in [-0.1, -0.05) is 12.3 Å². The summed E-state index contributed by atoms with van der Waals surface area (Å²) in [7, 11) is -1.57. The molecule has 4 N–H and O–H groups in total. The number of hydrogen-bond acceptors (Lipinski definition) is 5. The van der Waals surface area contributed by atoms with Gasteiger partial charge in [0.15, 0.2) is 0 Å². The third-order valence-corrected chi connectivity index (χ3v) is 4.83. The number of benzene rings is 1. The lowest BCUT2D eigenvalue weighted by Crippen LogP contribution is -2.35. The Hall–Kier alpha value is -1.88. The fourth-order valence-corrected chi connectivity index (χ4v) is 3.27. The van der Waals surface area contributed by atoms with Crippen molar-refractivity contribution in [2.45, 2.75) is 36.3 Å². The minimum absolute atomic E-state index is 0.285. The lowest BCUT2D eigenvalue weighted by molar-refractivity contribution is -0.128. The number of unbranched alkanes of at least 4 members (excludes halogenated alkanes) is 1. The zero-order valence-corrected chi connectivity index (χ0v) is 13.9. The first-order valence-corrected chi connectivity index (χ1v) is 8.52. The Morgan fingerprint density at radius 2 is 2.09 bits per heavy atom. The summed E-state index contributed by atoms with van der Waals surface area (Å²) in [6.45, 7) is 2.52. The average molecular weight is 338 g/mol. The molecular weight excluding hydrogens is 316 g/mol. The number of carbonyl (C=O) groups is 1. The Bertz CT molecular complexity index is 578. The van der Waals surface area contributed by atoms with Gasteiger partial charge in [-0.15, -0.1) is 5.92 Å². The molecule has 0 aliphatic rings. The molecule has 0 fully saturated rings. The summed E-state index contributed by atoms with van der Waals surface area (Å²) in [6.07, 6.45) is 1.79. The second-order valence-electron chi connectivity index (χ2n) is 4.73. The van der Waals surface area contributed by atoms with Crippen LogP contribution in [-0.2, 0) is 15.6 Å². The van der Waals surface area contributed by atoms with Crippen molar-refractivity contribution in [3.8, 4) is 17.6 Å². The molecule has 0 radical (unpaired) electrons. The Morgan fingerprint density at radius 1 is 1.39 bits per heavy atom. The van der Waals surface area contributed by atoms with Crippen LogP contribution in [0.4, 0.5) is 0 Å². The number of nitrogens with one attached hydrogen (secondary N) is 1. The van der Waals surface area contributed by atoms with Crippen molar-refractivity contribution in [1.29, 1.82) is 0 Å². The maximum Gasteiger partial charge on any atom is 0.259 e. The van der Waals surface area contributed by atoms with Crippen LogP contribution in [0, 0.1) is 11.8 Å². The van der Waals surface area contributed by atoms with Gasteiger partial charge < -0.3 is 10.5 Å². The predicted octanol–water partition coefficient (Wildman–Crippen LogP) is 1.20. The number of amides is 1. The van der Waals surface area contributed by atoms with E-state index in [0.717, 1.165) is 6.42 Å². The third-order valence-electron chi connectivity index (χ3n) is 3.13. The summed E-state index contributed by atoms with van der Waals surface area (Å²) < 4.78 is 17.9. The van der Waals surface area contributed by atoms with E-state index in [2.05, 4.69) is 11.8 Å². The third kappa shape index (κ3) is 6.40. The maximum absolute atomic E-state index is 12.6. The first kappa shape index (κ1) is 19.2. The van der Waals surface area contributed by atoms with Gasteiger partial charge in [0.1, 0.15) is 17.6 Å². The zero-order valence-electron chi connectivity index (χ0n) is 13.1. The van der Waals surface area contributed by atoms with Crippen LogP contribution >= 0.6 is 0 Å². The van der Waals surface area contributed by atoms with Crippen LogP contribution in [0.15, 0.2) is 29.2 Å². The van der Waals surface area contributed by atoms with Crippen LogP contribution in [-0.4, -0.2) is 33.7 Å². The molecule has 0 saturated carbocycles. The van der Waals surface area contributed by atoms with Crippen molar-refractivity contribution in [2.24, 2.45) is 5.73 Å². The largest absolute Gasteiger partial charge is 0.481 e. The first-order valence-electron chi connectivity index (χ1n) is 7.31. The highest BCUT2D eigenvalue weighted by Gasteiger charge is 2.25. The number of nitrogens with two attached hydrogens (primary N) is 1. The molecule has 0 heterocycles. The Morgan fingerprint density at radius 3 is 2.65 bits per heavy atom. The van der Waals surface area contributed by atoms with Crippen LogP contribution in [0.25, 0.3) is 0 Å². The van der Waals surface area contributed by atoms with Gasteiger partial charge >= 0.3 is 0 Å². The van der Waals surface area contributed by atoms with Gasteiger partial charge in [-0.25, -0.2) is 5.48 Å². The Kier molecular flexibility index (Phi) is 8.98. The molecule has 7 heteroatoms. The van der Waals surface area contributed by atoms with E-state index in [-0.39, 0.29) is 6.61 Å². The van der Waals surface area contributed by atoms with Crippen molar-refractivity contribution >= 4 is 16.7 Å². The van der Waals surface area contributed by atoms with Crippen molar-refractivity contribution in [3.05, 3.63) is 24.3 Å². The highest BCUT2D eigenvalue weighted by atomic mass is 32.2. The molecule has 0 bridgehead atoms. The fourth-order valence-electron chi connectivity index (χ4n) is 1.91. The molecule has 0 saturated heterocycles. The van der Waals surface area contributed by atoms with Gasteiger partial charge in [0.2, 0.25) is 0 Å². The van der Waals surface area contributed by atoms with E-state index < -0.39 is 22.0 Å². The molecule has 126 valence electrons. The molecule has 0 aliphatic carbocycles. The quantitative estimate of drug-likeness (QED) is 0.272. The van der Waals surface area contributed by atoms with E-state index in [1.807, 2.05) is 0 Å². The number of carbonyl (C=O) groups excluding carboxylic acids is 1. The average Bonchev–Trinajstić information content (AvgIpc) is 2.58. The molecule has 1 aromatic carbocycles. The molecule has 1 aromatic rings. The first-order chi connectivity index (χ1) is 11.1. The predicted molar refractivity (Wildman–Crippen MR) is 88.4 cm³/mol. The Labute approximate surface area is 138 Å². The van der Waals surface area contributed by atoms with E-state index in [9.17, 15) is 9.00 Å². The van der Waals surface area contributed by atoms with Crippen LogP contribution in [0.1, 0.15) is 26.2 Å². The lowest BCUT2D eigenvalue weighted by atomic mass is 10.2. The van der Waals surface area contributed by atoms with Crippen molar-refractivity contribution in [1.82, 2.24) is 5.48 Å². The fraction of sp³-hybridized carbons (Fsp3) is 0.438. The summed E-state index contributed by atoms with van der Waals surface area (Å²) in [5.74, 6) is 5.46. The van der Waals surface area contributed by atoms with Crippen molar-refractivity contribution in [3.63, 3.8) is 0 Å². The van der Waals surface area contributed by atoms with Gasteiger partial charge in [-0.2, -0.15) is 0 Å². The second-order valence-corrected chi connectivity index (χ2v) is 6.37. The minimum Gasteiger partial charge on any atom is -0.481 e. The molecule has 0 aromatic heterocycles. The number of hydrogen-bond donors (Lipinski definition) is 3. The van der Waals surface area contributed by atoms with E-state index in [0.29, 0.717) is 30.0 Å². The second kappa shape index (κ2) is 10.8. The summed E-state index contributed by atoms with van der Waals surface area (Å²) >= 11 is 0. The molecule has 0 spiro atoms. The van der Waals surface area contributed by atoms with Crippen LogP contribution in [0.3, 0.4) is 0 Å². The highest BCUT2D eigenvalue weighted by Crippen LogP contribution is 2.19. The zero-order chi connectivity index (χ0) is 17.1. The van der Waals surface area contributed by atoms with Gasteiger partial charge in [0, 0.05) is 4.90 Å². The topological polar surface area (TPSA) is 102 Å². The SMILES string of the molecule is CC#CCOc1ccc(S(=O)C(CCCCN)C(=O)NO)cc1. The van der Waals surface area contributed by atoms with Gasteiger partial charge in [-0.3, -0.25) is 14.2 Å². The standard InChI is InChI=1S/C16H22N2O4S/c1-2-3-12-22-13-7-9-14(10-8-13)23(21)15(16(19)18-20)6-4-5-11-17/h7-10,15,20H,4-6,11-12,17H2,1H3,(H,18,19). The molecule has 2 atom stereocenters. The van der Waals surface area contributed by atoms with Crippen LogP contribution in [0.2, 0.25) is 0 Å². The van der Waals surface area contributed by atoms with Crippen LogP contribution in [0.5, 0.6) is 5.75 Å². The molecule has 0 aliphatic heterocycles. The van der Waals surface area contributed by atoms with Crippen molar-refractivity contribution in [2.75, 3.05) is 13.2 Å². The summed E-state index contributed by atoms with van der Waals surface area (Å²) in [5, 5.41) is 8.02. The van der Waals surface area contributed by atoms with E-state index >= 15 is 0 Å². The lowest BCUT2D eigenvalue weighted by Gasteiger charge is -2.14. The molecular formula is C16H22N2O4S. The molecule has 1 amide bonds. The summed E-state index contributed by atoms with van der Waals surface area (Å²) in [4.78, 5) is 12.2. The smallest absolute Gasteiger partial charge is 0.259 e. The molecule has 1 rings (SSSR count). The number of rotatable bonds is 9. The molecule has 23 heavy (non-hydrogen) atoms. The van der Waals surface area contributed by atoms with Gasteiger partial charge in [-0.05, 0) is 50.6 Å². The van der Waals surface area contributed by atoms with Gasteiger partial charge in [0.05, 0.1) is 10.8 Å². The number of hydroxylamine groups is 1. The van der Waals surface area contributed by atoms with Gasteiger partial charge in [0.25, 0.3) is 5.91 Å². The normalized spacial score (nSPS) is 12.7. The van der Waals surface area contributed by atoms with E-state index in [4.69, 9.17) is 15.7 Å². The molecule has 6 nitrogen and oxygen atoms in total. The summed E-state index contributed by atoms with van der Waals surface area (Å²) in [6, 6.07) is 6.65. The molecule has 2 unspecified atom stereocenters. The van der Waals surface area contributed by atoms with E-state index in [1.54, 1.807) is 36.7 Å².